The molecular formula is C16H32KNaO2. The van der Waals surface area contributed by atoms with E-state index in [-0.39, 0.29) is 87.4 Å². The monoisotopic (exact) mass is 318 g/mol. The van der Waals surface area contributed by atoms with Gasteiger partial charge in [0.2, 0.25) is 0 Å². The second-order valence-corrected chi connectivity index (χ2v) is 5.36. The summed E-state index contributed by atoms with van der Waals surface area (Å²) in [6, 6.07) is 0. The van der Waals surface area contributed by atoms with Crippen LogP contribution in [0.4, 0.5) is 0 Å². The van der Waals surface area contributed by atoms with Crippen molar-refractivity contribution < 1.29 is 61.3 Å². The molecule has 20 heavy (non-hydrogen) atoms. The summed E-state index contributed by atoms with van der Waals surface area (Å²) >= 11 is 0. The standard InChI is InChI=1S/C16H32O2.K.Na.H/c1-2-3-4-5-6-7-8-9-10-11-12-13-14-15-16(17)18;;;/h2-15H2,1H3,(H,17,18);;;/q;+1;;/p-1. The first-order valence-electron chi connectivity index (χ1n) is 7.97. The zero-order valence-electron chi connectivity index (χ0n) is 13.2. The van der Waals surface area contributed by atoms with Crippen LogP contribution in [0.5, 0.6) is 0 Å². The molecule has 0 atom stereocenters. The molecule has 0 fully saturated rings. The molecule has 0 radical (unpaired) electrons. The number of carbonyl (C=O) groups is 1. The zero-order valence-corrected chi connectivity index (χ0v) is 16.3. The van der Waals surface area contributed by atoms with Crippen LogP contribution in [-0.4, -0.2) is 35.5 Å². The summed E-state index contributed by atoms with van der Waals surface area (Å²) in [7, 11) is 0. The molecule has 0 saturated heterocycles. The van der Waals surface area contributed by atoms with Crippen molar-refractivity contribution in [3.8, 4) is 0 Å². The fourth-order valence-electron chi connectivity index (χ4n) is 2.29. The Morgan fingerprint density at radius 1 is 0.700 bits per heavy atom. The molecule has 0 spiro atoms. The molecule has 0 heterocycles. The number of carbonyl (C=O) groups excluding carboxylic acids is 1. The normalized spacial score (nSPS) is 9.65. The van der Waals surface area contributed by atoms with Crippen LogP contribution >= 0.6 is 0 Å². The van der Waals surface area contributed by atoms with Gasteiger partial charge in [-0.2, -0.15) is 0 Å². The third-order valence-electron chi connectivity index (χ3n) is 3.48. The second-order valence-electron chi connectivity index (χ2n) is 5.36. The van der Waals surface area contributed by atoms with Crippen LogP contribution in [0, 0.1) is 0 Å². The molecule has 4 heteroatoms. The first-order valence-corrected chi connectivity index (χ1v) is 7.97. The van der Waals surface area contributed by atoms with Crippen molar-refractivity contribution in [1.82, 2.24) is 0 Å². The molecule has 0 saturated carbocycles. The predicted octanol–water partition coefficient (Wildman–Crippen LogP) is 0.573. The molecule has 0 aromatic rings. The van der Waals surface area contributed by atoms with E-state index in [4.69, 9.17) is 0 Å². The van der Waals surface area contributed by atoms with E-state index in [0.29, 0.717) is 0 Å². The number of carboxylic acid groups (broad SMARTS) is 1. The Hall–Kier alpha value is 2.11. The minimum absolute atomic E-state index is 0. The van der Waals surface area contributed by atoms with Crippen molar-refractivity contribution in [3.63, 3.8) is 0 Å². The van der Waals surface area contributed by atoms with Crippen LogP contribution < -0.4 is 56.5 Å². The zero-order chi connectivity index (χ0) is 13.5. The minimum atomic E-state index is -0.905. The molecule has 110 valence electrons. The van der Waals surface area contributed by atoms with E-state index in [0.717, 1.165) is 12.8 Å². The topological polar surface area (TPSA) is 40.1 Å². The van der Waals surface area contributed by atoms with Crippen LogP contribution in [0.3, 0.4) is 0 Å². The number of aliphatic carboxylic acids is 1. The molecule has 0 N–H and O–H groups in total. The molecule has 0 aliphatic heterocycles. The summed E-state index contributed by atoms with van der Waals surface area (Å²) in [5.41, 5.74) is 0. The van der Waals surface area contributed by atoms with Crippen molar-refractivity contribution in [3.05, 3.63) is 0 Å². The van der Waals surface area contributed by atoms with Gasteiger partial charge in [-0.25, -0.2) is 0 Å². The Balaban J connectivity index is -0.00000144. The van der Waals surface area contributed by atoms with E-state index in [9.17, 15) is 9.90 Å². The predicted molar refractivity (Wildman–Crippen MR) is 82.5 cm³/mol. The van der Waals surface area contributed by atoms with Gasteiger partial charge in [-0.1, -0.05) is 84.0 Å². The first-order chi connectivity index (χ1) is 8.77. The first kappa shape index (κ1) is 27.0. The molecule has 0 aromatic carbocycles. The average molecular weight is 319 g/mol. The van der Waals surface area contributed by atoms with E-state index < -0.39 is 5.97 Å². The van der Waals surface area contributed by atoms with Gasteiger partial charge in [0.1, 0.15) is 0 Å². The Labute approximate surface area is 191 Å². The van der Waals surface area contributed by atoms with Crippen molar-refractivity contribution in [2.24, 2.45) is 0 Å². The van der Waals surface area contributed by atoms with E-state index >= 15 is 0 Å². The molecule has 0 rings (SSSR count). The molecule has 0 aliphatic carbocycles. The third kappa shape index (κ3) is 25.1. The van der Waals surface area contributed by atoms with Crippen molar-refractivity contribution in [2.75, 3.05) is 0 Å². The van der Waals surface area contributed by atoms with Gasteiger partial charge < -0.3 is 9.90 Å². The van der Waals surface area contributed by atoms with Crippen molar-refractivity contribution in [2.45, 2.75) is 96.8 Å². The van der Waals surface area contributed by atoms with Gasteiger partial charge in [-0.15, -0.1) is 0 Å². The Morgan fingerprint density at radius 3 is 1.30 bits per heavy atom. The number of rotatable bonds is 14. The number of hydrogen-bond acceptors (Lipinski definition) is 2. The van der Waals surface area contributed by atoms with E-state index in [1.54, 1.807) is 0 Å². The van der Waals surface area contributed by atoms with Gasteiger partial charge >= 0.3 is 80.9 Å². The van der Waals surface area contributed by atoms with Crippen LogP contribution in [0.15, 0.2) is 0 Å². The fourth-order valence-corrected chi connectivity index (χ4v) is 2.29. The summed E-state index contributed by atoms with van der Waals surface area (Å²) in [6.07, 6.45) is 16.9. The van der Waals surface area contributed by atoms with Crippen LogP contribution in [0.2, 0.25) is 0 Å². The van der Waals surface area contributed by atoms with Crippen molar-refractivity contribution in [1.29, 1.82) is 0 Å². The van der Waals surface area contributed by atoms with E-state index in [1.807, 2.05) is 0 Å². The van der Waals surface area contributed by atoms with Gasteiger partial charge in [0, 0.05) is 5.97 Å². The van der Waals surface area contributed by atoms with E-state index in [2.05, 4.69) is 6.92 Å². The van der Waals surface area contributed by atoms with Crippen LogP contribution in [0.25, 0.3) is 0 Å². The Kier molecular flexibility index (Phi) is 31.5. The van der Waals surface area contributed by atoms with Gasteiger partial charge in [-0.3, -0.25) is 0 Å². The number of carboxylic acids is 1. The Bertz CT molecular complexity index is 189. The third-order valence-corrected chi connectivity index (χ3v) is 3.48. The maximum atomic E-state index is 10.2. The molecule has 2 nitrogen and oxygen atoms in total. The summed E-state index contributed by atoms with van der Waals surface area (Å²) in [5.74, 6) is -0.905. The number of hydrogen-bond donors (Lipinski definition) is 0. The van der Waals surface area contributed by atoms with Crippen LogP contribution in [-0.2, 0) is 4.79 Å². The average Bonchev–Trinajstić information content (AvgIpc) is 2.34. The van der Waals surface area contributed by atoms with Crippen molar-refractivity contribution >= 4 is 35.5 Å². The van der Waals surface area contributed by atoms with Gasteiger partial charge in [-0.05, 0) is 12.8 Å². The van der Waals surface area contributed by atoms with E-state index in [1.165, 1.54) is 70.6 Å². The molecule has 0 bridgehead atoms. The molecule has 0 aliphatic rings. The van der Waals surface area contributed by atoms with Crippen LogP contribution in [0.1, 0.15) is 96.8 Å². The molecular weight excluding hydrogens is 286 g/mol. The SMILES string of the molecule is CCCCCCCCCCCCCCCC(=O)[O-].[K+].[NaH]. The van der Waals surface area contributed by atoms with Gasteiger partial charge in [0.15, 0.2) is 0 Å². The second kappa shape index (κ2) is 23.4. The summed E-state index contributed by atoms with van der Waals surface area (Å²) < 4.78 is 0. The molecule has 0 aromatic heterocycles. The molecule has 0 amide bonds. The fraction of sp³-hybridized carbons (Fsp3) is 0.938. The number of unbranched alkanes of at least 4 members (excludes halogenated alkanes) is 12. The Morgan fingerprint density at radius 2 is 1.00 bits per heavy atom. The van der Waals surface area contributed by atoms with Gasteiger partial charge in [0.05, 0.1) is 0 Å². The quantitative estimate of drug-likeness (QED) is 0.347. The maximum absolute atomic E-state index is 10.2. The van der Waals surface area contributed by atoms with Gasteiger partial charge in [0.25, 0.3) is 0 Å². The molecule has 0 unspecified atom stereocenters. The summed E-state index contributed by atoms with van der Waals surface area (Å²) in [6.45, 7) is 2.26. The summed E-state index contributed by atoms with van der Waals surface area (Å²) in [4.78, 5) is 10.2. The summed E-state index contributed by atoms with van der Waals surface area (Å²) in [5, 5.41) is 10.2.